The molecule has 7 N–H and O–H groups in total. The molecule has 158 valence electrons. The Morgan fingerprint density at radius 1 is 1.27 bits per heavy atom. The first-order chi connectivity index (χ1) is 14.6. The van der Waals surface area contributed by atoms with E-state index >= 15 is 0 Å². The van der Waals surface area contributed by atoms with E-state index in [1.54, 1.807) is 5.01 Å². The highest BCUT2D eigenvalue weighted by atomic mass is 16.3. The molecule has 6 heteroatoms. The third-order valence-electron chi connectivity index (χ3n) is 5.89. The summed E-state index contributed by atoms with van der Waals surface area (Å²) in [6.07, 6.45) is 4.14. The van der Waals surface area contributed by atoms with Gasteiger partial charge in [-0.25, -0.2) is 5.84 Å². The van der Waals surface area contributed by atoms with Crippen LogP contribution in [0, 0.1) is 0 Å². The van der Waals surface area contributed by atoms with Crippen LogP contribution in [0.25, 0.3) is 11.3 Å². The van der Waals surface area contributed by atoms with E-state index in [9.17, 15) is 5.11 Å². The van der Waals surface area contributed by atoms with Gasteiger partial charge in [0.25, 0.3) is 0 Å². The van der Waals surface area contributed by atoms with Crippen LogP contribution < -0.4 is 22.2 Å². The second-order valence-electron chi connectivity index (χ2n) is 8.05. The summed E-state index contributed by atoms with van der Waals surface area (Å²) in [4.78, 5) is 0. The van der Waals surface area contributed by atoms with Gasteiger partial charge in [-0.15, -0.1) is 0 Å². The zero-order chi connectivity index (χ0) is 21.1. The fraction of sp³-hybridized carbons (Fsp3) is 0.333. The SMILES string of the molecule is C/C(N)=C1\c2ccc(C3=CCNCC3)cc2C(Nc2cccc(CO)c2)CCN1N. The Balaban J connectivity index is 1.78. The third-order valence-corrected chi connectivity index (χ3v) is 5.89. The molecule has 0 aromatic heterocycles. The summed E-state index contributed by atoms with van der Waals surface area (Å²) in [6.45, 7) is 4.53. The zero-order valence-corrected chi connectivity index (χ0v) is 17.5. The summed E-state index contributed by atoms with van der Waals surface area (Å²) in [7, 11) is 0. The summed E-state index contributed by atoms with van der Waals surface area (Å²) in [5.41, 5.74) is 14.6. The van der Waals surface area contributed by atoms with Crippen molar-refractivity contribution in [2.45, 2.75) is 32.4 Å². The zero-order valence-electron chi connectivity index (χ0n) is 17.5. The van der Waals surface area contributed by atoms with Gasteiger partial charge in [0.2, 0.25) is 0 Å². The first-order valence-corrected chi connectivity index (χ1v) is 10.6. The molecule has 2 aromatic carbocycles. The summed E-state index contributed by atoms with van der Waals surface area (Å²) < 4.78 is 0. The molecule has 0 bridgehead atoms. The standard InChI is InChI=1S/C24H31N5O/c1-16(25)24-21-6-5-19(18-7-10-27-11-8-18)14-22(21)23(9-12-29(24)26)28-20-4-2-3-17(13-20)15-30/h2-7,13-14,23,27-28,30H,8-12,15,25-26H2,1H3/b24-16-. The number of anilines is 1. The number of fused-ring (bicyclic) bond motifs is 1. The van der Waals surface area contributed by atoms with Gasteiger partial charge in [-0.1, -0.05) is 30.3 Å². The van der Waals surface area contributed by atoms with Crippen LogP contribution in [0.15, 0.2) is 54.2 Å². The van der Waals surface area contributed by atoms with Crippen molar-refractivity contribution in [2.24, 2.45) is 11.6 Å². The van der Waals surface area contributed by atoms with Crippen molar-refractivity contribution in [2.75, 3.05) is 25.0 Å². The topological polar surface area (TPSA) is 99.6 Å². The molecular formula is C24H31N5O. The molecule has 2 aromatic rings. The molecule has 0 aliphatic carbocycles. The molecule has 0 amide bonds. The molecule has 2 heterocycles. The Bertz CT molecular complexity index is 977. The lowest BCUT2D eigenvalue weighted by Crippen LogP contribution is -2.31. The number of hydrogen-bond acceptors (Lipinski definition) is 6. The number of aliphatic hydroxyl groups excluding tert-OH is 1. The summed E-state index contributed by atoms with van der Waals surface area (Å²) in [5, 5.41) is 18.3. The first-order valence-electron chi connectivity index (χ1n) is 10.6. The van der Waals surface area contributed by atoms with Gasteiger partial charge in [-0.3, -0.25) is 0 Å². The number of hydrogen-bond donors (Lipinski definition) is 5. The van der Waals surface area contributed by atoms with Gasteiger partial charge >= 0.3 is 0 Å². The average molecular weight is 406 g/mol. The van der Waals surface area contributed by atoms with Crippen molar-refractivity contribution >= 4 is 17.0 Å². The minimum atomic E-state index is 0.0267. The van der Waals surface area contributed by atoms with Crippen molar-refractivity contribution in [3.8, 4) is 0 Å². The molecule has 2 aliphatic heterocycles. The van der Waals surface area contributed by atoms with E-state index in [4.69, 9.17) is 11.6 Å². The highest BCUT2D eigenvalue weighted by molar-refractivity contribution is 5.75. The number of allylic oxidation sites excluding steroid dienone is 1. The van der Waals surface area contributed by atoms with E-state index in [0.29, 0.717) is 6.54 Å². The predicted molar refractivity (Wildman–Crippen MR) is 123 cm³/mol. The lowest BCUT2D eigenvalue weighted by atomic mass is 9.91. The van der Waals surface area contributed by atoms with Crippen LogP contribution in [0.2, 0.25) is 0 Å². The van der Waals surface area contributed by atoms with Crippen LogP contribution >= 0.6 is 0 Å². The van der Waals surface area contributed by atoms with Crippen LogP contribution in [0.4, 0.5) is 5.69 Å². The maximum Gasteiger partial charge on any atom is 0.0777 e. The number of rotatable bonds is 4. The van der Waals surface area contributed by atoms with Gasteiger partial charge in [0.05, 0.1) is 18.3 Å². The van der Waals surface area contributed by atoms with E-state index in [1.165, 1.54) is 16.7 Å². The van der Waals surface area contributed by atoms with Crippen molar-refractivity contribution in [3.63, 3.8) is 0 Å². The van der Waals surface area contributed by atoms with Gasteiger partial charge in [0, 0.05) is 30.0 Å². The largest absolute Gasteiger partial charge is 0.401 e. The molecule has 0 spiro atoms. The average Bonchev–Trinajstić information content (AvgIpc) is 2.90. The fourth-order valence-electron chi connectivity index (χ4n) is 4.39. The lowest BCUT2D eigenvalue weighted by molar-refractivity contribution is 0.282. The molecule has 4 rings (SSSR count). The first kappa shape index (κ1) is 20.5. The highest BCUT2D eigenvalue weighted by Gasteiger charge is 2.26. The van der Waals surface area contributed by atoms with Crippen LogP contribution in [0.3, 0.4) is 0 Å². The van der Waals surface area contributed by atoms with Crippen molar-refractivity contribution in [3.05, 3.63) is 76.5 Å². The molecule has 0 fully saturated rings. The van der Waals surface area contributed by atoms with Crippen LogP contribution in [0.1, 0.15) is 48.1 Å². The van der Waals surface area contributed by atoms with Crippen molar-refractivity contribution in [1.82, 2.24) is 10.3 Å². The van der Waals surface area contributed by atoms with E-state index in [-0.39, 0.29) is 12.6 Å². The number of nitrogens with zero attached hydrogens (tertiary/aromatic N) is 1. The molecule has 1 atom stereocenters. The summed E-state index contributed by atoms with van der Waals surface area (Å²) in [6, 6.07) is 14.6. The fourth-order valence-corrected chi connectivity index (χ4v) is 4.39. The van der Waals surface area contributed by atoms with E-state index in [2.05, 4.69) is 34.9 Å². The highest BCUT2D eigenvalue weighted by Crippen LogP contribution is 2.37. The molecule has 6 nitrogen and oxygen atoms in total. The van der Waals surface area contributed by atoms with E-state index in [1.807, 2.05) is 31.2 Å². The number of aliphatic hydroxyl groups is 1. The minimum absolute atomic E-state index is 0.0267. The van der Waals surface area contributed by atoms with Gasteiger partial charge in [-0.2, -0.15) is 0 Å². The second kappa shape index (κ2) is 8.92. The molecule has 2 aliphatic rings. The summed E-state index contributed by atoms with van der Waals surface area (Å²) in [5.74, 6) is 6.39. The van der Waals surface area contributed by atoms with Gasteiger partial charge in [0.1, 0.15) is 0 Å². The Morgan fingerprint density at radius 2 is 2.13 bits per heavy atom. The maximum atomic E-state index is 9.50. The molecular weight excluding hydrogens is 374 g/mol. The molecule has 1 unspecified atom stereocenters. The van der Waals surface area contributed by atoms with Crippen LogP contribution in [-0.4, -0.2) is 29.7 Å². The predicted octanol–water partition coefficient (Wildman–Crippen LogP) is 2.94. The van der Waals surface area contributed by atoms with E-state index < -0.39 is 0 Å². The van der Waals surface area contributed by atoms with Crippen LogP contribution in [-0.2, 0) is 6.61 Å². The van der Waals surface area contributed by atoms with E-state index in [0.717, 1.165) is 54.1 Å². The second-order valence-corrected chi connectivity index (χ2v) is 8.05. The van der Waals surface area contributed by atoms with Crippen molar-refractivity contribution < 1.29 is 5.11 Å². The lowest BCUT2D eigenvalue weighted by Gasteiger charge is -2.23. The number of nitrogens with one attached hydrogen (secondary N) is 2. The monoisotopic (exact) mass is 405 g/mol. The van der Waals surface area contributed by atoms with Crippen molar-refractivity contribution in [1.29, 1.82) is 0 Å². The van der Waals surface area contributed by atoms with Gasteiger partial charge in [0.15, 0.2) is 0 Å². The third kappa shape index (κ3) is 4.21. The van der Waals surface area contributed by atoms with Crippen LogP contribution in [0.5, 0.6) is 0 Å². The minimum Gasteiger partial charge on any atom is -0.401 e. The maximum absolute atomic E-state index is 9.50. The smallest absolute Gasteiger partial charge is 0.0777 e. The molecule has 30 heavy (non-hydrogen) atoms. The molecule has 0 saturated carbocycles. The van der Waals surface area contributed by atoms with Gasteiger partial charge < -0.3 is 26.5 Å². The quantitative estimate of drug-likeness (QED) is 0.502. The molecule has 0 radical (unpaired) electrons. The number of nitrogens with two attached hydrogens (primary N) is 2. The molecule has 0 saturated heterocycles. The Labute approximate surface area is 178 Å². The van der Waals surface area contributed by atoms with Gasteiger partial charge in [-0.05, 0) is 66.8 Å². The Hall–Kier alpha value is -2.80. The number of hydrazine groups is 1. The number of benzene rings is 2. The summed E-state index contributed by atoms with van der Waals surface area (Å²) >= 11 is 0. The Morgan fingerprint density at radius 3 is 2.87 bits per heavy atom. The normalized spacial score (nSPS) is 20.8. The Kier molecular flexibility index (Phi) is 6.08.